The molecule has 1 aliphatic rings. The number of aromatic nitrogens is 1. The first kappa shape index (κ1) is 21.0. The van der Waals surface area contributed by atoms with Crippen LogP contribution in [0, 0.1) is 6.92 Å². The fraction of sp³-hybridized carbons (Fsp3) is 0.143. The molecule has 0 saturated heterocycles. The van der Waals surface area contributed by atoms with Gasteiger partial charge in [-0.05, 0) is 37.3 Å². The Morgan fingerprint density at radius 1 is 1.27 bits per heavy atom. The number of carbonyl (C=O) groups excluding carboxylic acids is 1. The van der Waals surface area contributed by atoms with Crippen LogP contribution in [0.4, 0.5) is 13.2 Å². The standard InChI is InChI=1S/C21H18F3N3O3/c1-14-3-2-4-15(11-14)20(28)29-13-18(25)27-9-7-17(8-10-27)30-19-6-5-16(12-26-19)21(22,23)24/h2-9,11-13H,10,25H2,1H3/b18-13+. The Balaban J connectivity index is 1.55. The van der Waals surface area contributed by atoms with Crippen LogP contribution in [0.2, 0.25) is 0 Å². The molecule has 6 nitrogen and oxygen atoms in total. The molecule has 2 aromatic rings. The van der Waals surface area contributed by atoms with Crippen molar-refractivity contribution in [1.82, 2.24) is 9.88 Å². The SMILES string of the molecule is Cc1cccc(C(=O)O/C=C(\N)N2C=CC(Oc3ccc(C(F)(F)F)cn3)=CC2)c1. The molecule has 0 amide bonds. The van der Waals surface area contributed by atoms with Crippen molar-refractivity contribution in [2.45, 2.75) is 13.1 Å². The van der Waals surface area contributed by atoms with Crippen molar-refractivity contribution in [3.8, 4) is 5.88 Å². The first-order valence-corrected chi connectivity index (χ1v) is 8.82. The Bertz CT molecular complexity index is 1010. The van der Waals surface area contributed by atoms with E-state index in [0.29, 0.717) is 24.1 Å². The first-order valence-electron chi connectivity index (χ1n) is 8.82. The molecule has 0 unspecified atom stereocenters. The molecule has 0 bridgehead atoms. The number of benzene rings is 1. The number of hydrogen-bond donors (Lipinski definition) is 1. The van der Waals surface area contributed by atoms with Crippen molar-refractivity contribution >= 4 is 5.97 Å². The number of carbonyl (C=O) groups is 1. The van der Waals surface area contributed by atoms with E-state index in [4.69, 9.17) is 15.2 Å². The topological polar surface area (TPSA) is 77.7 Å². The second kappa shape index (κ2) is 8.73. The van der Waals surface area contributed by atoms with Gasteiger partial charge in [0.1, 0.15) is 17.8 Å². The molecule has 0 radical (unpaired) electrons. The van der Waals surface area contributed by atoms with E-state index in [2.05, 4.69) is 4.98 Å². The summed E-state index contributed by atoms with van der Waals surface area (Å²) in [5, 5.41) is 0. The van der Waals surface area contributed by atoms with E-state index in [0.717, 1.165) is 24.0 Å². The monoisotopic (exact) mass is 417 g/mol. The smallest absolute Gasteiger partial charge is 0.417 e. The van der Waals surface area contributed by atoms with E-state index in [-0.39, 0.29) is 11.7 Å². The third-order valence-electron chi connectivity index (χ3n) is 4.07. The molecule has 2 N–H and O–H groups in total. The molecule has 3 rings (SSSR count). The predicted molar refractivity (Wildman–Crippen MR) is 103 cm³/mol. The molecular formula is C21H18F3N3O3. The Morgan fingerprint density at radius 2 is 2.07 bits per heavy atom. The van der Waals surface area contributed by atoms with Gasteiger partial charge in [0.25, 0.3) is 0 Å². The highest BCUT2D eigenvalue weighted by Gasteiger charge is 2.30. The second-order valence-electron chi connectivity index (χ2n) is 6.38. The van der Waals surface area contributed by atoms with Gasteiger partial charge in [-0.15, -0.1) is 0 Å². The lowest BCUT2D eigenvalue weighted by Gasteiger charge is -2.22. The number of aryl methyl sites for hydroxylation is 1. The Morgan fingerprint density at radius 3 is 2.67 bits per heavy atom. The maximum absolute atomic E-state index is 12.6. The molecule has 30 heavy (non-hydrogen) atoms. The van der Waals surface area contributed by atoms with Gasteiger partial charge in [0.15, 0.2) is 0 Å². The van der Waals surface area contributed by atoms with Crippen LogP contribution in [0.25, 0.3) is 0 Å². The fourth-order valence-electron chi connectivity index (χ4n) is 2.50. The van der Waals surface area contributed by atoms with Gasteiger partial charge in [-0.2, -0.15) is 13.2 Å². The second-order valence-corrected chi connectivity index (χ2v) is 6.38. The number of nitrogens with two attached hydrogens (primary N) is 1. The van der Waals surface area contributed by atoms with Crippen molar-refractivity contribution in [3.63, 3.8) is 0 Å². The fourth-order valence-corrected chi connectivity index (χ4v) is 2.50. The van der Waals surface area contributed by atoms with Crippen molar-refractivity contribution < 1.29 is 27.4 Å². The number of alkyl halides is 3. The van der Waals surface area contributed by atoms with Gasteiger partial charge in [-0.1, -0.05) is 17.7 Å². The highest BCUT2D eigenvalue weighted by atomic mass is 19.4. The summed E-state index contributed by atoms with van der Waals surface area (Å²) in [6.07, 6.45) is 2.20. The summed E-state index contributed by atoms with van der Waals surface area (Å²) in [4.78, 5) is 17.3. The summed E-state index contributed by atoms with van der Waals surface area (Å²) in [6.45, 7) is 2.17. The van der Waals surface area contributed by atoms with Crippen molar-refractivity contribution in [2.24, 2.45) is 5.73 Å². The number of pyridine rings is 1. The minimum Gasteiger partial charge on any atom is -0.439 e. The normalized spacial score (nSPS) is 14.3. The van der Waals surface area contributed by atoms with E-state index in [1.54, 1.807) is 41.5 Å². The summed E-state index contributed by atoms with van der Waals surface area (Å²) in [6, 6.07) is 9.00. The van der Waals surface area contributed by atoms with Gasteiger partial charge in [-0.3, -0.25) is 0 Å². The molecule has 9 heteroatoms. The van der Waals surface area contributed by atoms with Crippen LogP contribution in [0.3, 0.4) is 0 Å². The third-order valence-corrected chi connectivity index (χ3v) is 4.07. The molecule has 0 saturated carbocycles. The number of halogens is 3. The van der Waals surface area contributed by atoms with E-state index in [9.17, 15) is 18.0 Å². The summed E-state index contributed by atoms with van der Waals surface area (Å²) in [7, 11) is 0. The molecule has 1 aromatic carbocycles. The summed E-state index contributed by atoms with van der Waals surface area (Å²) < 4.78 is 48.2. The zero-order valence-electron chi connectivity index (χ0n) is 15.9. The Hall–Kier alpha value is -3.75. The molecule has 0 spiro atoms. The highest BCUT2D eigenvalue weighted by Crippen LogP contribution is 2.29. The molecular weight excluding hydrogens is 399 g/mol. The largest absolute Gasteiger partial charge is 0.439 e. The van der Waals surface area contributed by atoms with E-state index in [1.165, 1.54) is 0 Å². The summed E-state index contributed by atoms with van der Waals surface area (Å²) >= 11 is 0. The van der Waals surface area contributed by atoms with Gasteiger partial charge < -0.3 is 20.1 Å². The zero-order chi connectivity index (χ0) is 21.7. The number of esters is 1. The number of allylic oxidation sites excluding steroid dienone is 1. The van der Waals surface area contributed by atoms with Gasteiger partial charge in [0, 0.05) is 25.0 Å². The van der Waals surface area contributed by atoms with Crippen molar-refractivity contribution in [3.05, 3.63) is 95.5 Å². The molecule has 0 aliphatic carbocycles. The minimum atomic E-state index is -4.46. The predicted octanol–water partition coefficient (Wildman–Crippen LogP) is 4.12. The third kappa shape index (κ3) is 5.40. The van der Waals surface area contributed by atoms with E-state index < -0.39 is 17.7 Å². The Labute approximate surface area is 170 Å². The maximum atomic E-state index is 12.6. The van der Waals surface area contributed by atoms with Crippen molar-refractivity contribution in [1.29, 1.82) is 0 Å². The number of ether oxygens (including phenoxy) is 2. The number of rotatable bonds is 5. The maximum Gasteiger partial charge on any atom is 0.417 e. The average molecular weight is 417 g/mol. The Kier molecular flexibility index (Phi) is 6.10. The number of hydrogen-bond acceptors (Lipinski definition) is 6. The first-order chi connectivity index (χ1) is 14.2. The summed E-state index contributed by atoms with van der Waals surface area (Å²) in [5.74, 6) is 0.0804. The molecule has 1 aliphatic heterocycles. The van der Waals surface area contributed by atoms with Crippen LogP contribution in [0.1, 0.15) is 21.5 Å². The van der Waals surface area contributed by atoms with Crippen LogP contribution in [-0.4, -0.2) is 22.4 Å². The molecule has 156 valence electrons. The van der Waals surface area contributed by atoms with Crippen molar-refractivity contribution in [2.75, 3.05) is 6.54 Å². The van der Waals surface area contributed by atoms with E-state index in [1.807, 2.05) is 13.0 Å². The average Bonchev–Trinajstić information content (AvgIpc) is 2.72. The van der Waals surface area contributed by atoms with Gasteiger partial charge in [0.2, 0.25) is 5.88 Å². The molecule has 1 aromatic heterocycles. The summed E-state index contributed by atoms with van der Waals surface area (Å²) in [5.41, 5.74) is 6.42. The lowest BCUT2D eigenvalue weighted by Crippen LogP contribution is -2.25. The number of nitrogens with zero attached hydrogens (tertiary/aromatic N) is 2. The van der Waals surface area contributed by atoms with Crippen LogP contribution >= 0.6 is 0 Å². The van der Waals surface area contributed by atoms with Gasteiger partial charge >= 0.3 is 12.1 Å². The highest BCUT2D eigenvalue weighted by molar-refractivity contribution is 5.89. The van der Waals surface area contributed by atoms with Gasteiger partial charge in [-0.25, -0.2) is 9.78 Å². The molecule has 0 atom stereocenters. The van der Waals surface area contributed by atoms with Crippen LogP contribution in [0.5, 0.6) is 5.88 Å². The van der Waals surface area contributed by atoms with Crippen LogP contribution in [-0.2, 0) is 10.9 Å². The lowest BCUT2D eigenvalue weighted by atomic mass is 10.1. The van der Waals surface area contributed by atoms with Gasteiger partial charge in [0.05, 0.1) is 11.1 Å². The van der Waals surface area contributed by atoms with Crippen LogP contribution < -0.4 is 10.5 Å². The molecule has 0 fully saturated rings. The molecule has 2 heterocycles. The minimum absolute atomic E-state index is 0.0305. The quantitative estimate of drug-likeness (QED) is 0.583. The van der Waals surface area contributed by atoms with Crippen LogP contribution in [0.15, 0.2) is 78.8 Å². The lowest BCUT2D eigenvalue weighted by molar-refractivity contribution is -0.137. The van der Waals surface area contributed by atoms with E-state index >= 15 is 0 Å². The zero-order valence-corrected chi connectivity index (χ0v) is 15.9.